The number of hydrazine groups is 1. The molecule has 0 aliphatic rings. The highest BCUT2D eigenvalue weighted by Gasteiger charge is 2.22. The summed E-state index contributed by atoms with van der Waals surface area (Å²) in [6.45, 7) is 3.27. The van der Waals surface area contributed by atoms with E-state index >= 15 is 0 Å². The molecule has 0 spiro atoms. The molecular weight excluding hydrogens is 450 g/mol. The van der Waals surface area contributed by atoms with Crippen LogP contribution >= 0.6 is 11.6 Å². The third kappa shape index (κ3) is 7.12. The molecule has 0 aliphatic carbocycles. The molecule has 0 radical (unpaired) electrons. The Bertz CT molecular complexity index is 1070. The predicted molar refractivity (Wildman–Crippen MR) is 140 cm³/mol. The summed E-state index contributed by atoms with van der Waals surface area (Å²) in [6.07, 6.45) is 1.81. The molecule has 2 amide bonds. The summed E-state index contributed by atoms with van der Waals surface area (Å²) in [5.41, 5.74) is 13.1. The standard InChI is InChI=1S/C26H32ClN5O2/c1-2-17(10-11-31-29)25(16-30-26(34)32-23-13-21(27)14-24(33)15-23)19-8-6-18(7-9-19)20-4-3-5-22(28)12-20/h3-9,12-15,17,25,31,33H,2,10-11,16,28-29H2,1H3,(H2,30,32,34). The molecule has 8 N–H and O–H groups in total. The quantitative estimate of drug-likeness (QED) is 0.137. The van der Waals surface area contributed by atoms with Crippen LogP contribution < -0.4 is 27.6 Å². The Morgan fingerprint density at radius 1 is 1.06 bits per heavy atom. The Morgan fingerprint density at radius 2 is 1.82 bits per heavy atom. The smallest absolute Gasteiger partial charge is 0.319 e. The molecule has 2 unspecified atom stereocenters. The molecule has 180 valence electrons. The third-order valence-corrected chi connectivity index (χ3v) is 6.15. The first-order chi connectivity index (χ1) is 16.4. The van der Waals surface area contributed by atoms with E-state index in [1.54, 1.807) is 6.07 Å². The van der Waals surface area contributed by atoms with Gasteiger partial charge in [0.2, 0.25) is 0 Å². The van der Waals surface area contributed by atoms with E-state index in [4.69, 9.17) is 23.2 Å². The zero-order chi connectivity index (χ0) is 24.5. The number of nitrogens with two attached hydrogens (primary N) is 2. The van der Waals surface area contributed by atoms with E-state index in [1.165, 1.54) is 12.1 Å². The molecule has 0 saturated heterocycles. The molecule has 0 heterocycles. The lowest BCUT2D eigenvalue weighted by molar-refractivity contribution is 0.249. The van der Waals surface area contributed by atoms with Crippen molar-refractivity contribution < 1.29 is 9.90 Å². The zero-order valence-corrected chi connectivity index (χ0v) is 20.0. The molecule has 3 aromatic rings. The van der Waals surface area contributed by atoms with Crippen molar-refractivity contribution in [2.75, 3.05) is 24.1 Å². The third-order valence-electron chi connectivity index (χ3n) is 5.93. The lowest BCUT2D eigenvalue weighted by Crippen LogP contribution is -2.35. The second-order valence-corrected chi connectivity index (χ2v) is 8.73. The average Bonchev–Trinajstić information content (AvgIpc) is 2.80. The Balaban J connectivity index is 1.75. The number of phenolic OH excluding ortho intramolecular Hbond substituents is 1. The van der Waals surface area contributed by atoms with Crippen LogP contribution in [-0.2, 0) is 0 Å². The van der Waals surface area contributed by atoms with Gasteiger partial charge in [-0.05, 0) is 53.3 Å². The van der Waals surface area contributed by atoms with Crippen LogP contribution in [0.3, 0.4) is 0 Å². The number of urea groups is 1. The summed E-state index contributed by atoms with van der Waals surface area (Å²) in [4.78, 5) is 12.6. The minimum absolute atomic E-state index is 0.0127. The summed E-state index contributed by atoms with van der Waals surface area (Å²) in [5, 5.41) is 15.7. The summed E-state index contributed by atoms with van der Waals surface area (Å²) < 4.78 is 0. The fourth-order valence-electron chi connectivity index (χ4n) is 4.18. The van der Waals surface area contributed by atoms with Crippen LogP contribution in [0.1, 0.15) is 31.2 Å². The minimum Gasteiger partial charge on any atom is -0.508 e. The Hall–Kier alpha value is -3.26. The highest BCUT2D eigenvalue weighted by molar-refractivity contribution is 6.31. The van der Waals surface area contributed by atoms with Crippen LogP contribution in [0.5, 0.6) is 5.75 Å². The van der Waals surface area contributed by atoms with E-state index in [-0.39, 0.29) is 17.7 Å². The van der Waals surface area contributed by atoms with Crippen molar-refractivity contribution in [1.29, 1.82) is 0 Å². The lowest BCUT2D eigenvalue weighted by Gasteiger charge is -2.27. The highest BCUT2D eigenvalue weighted by Crippen LogP contribution is 2.31. The molecular formula is C26H32ClN5O2. The fraction of sp³-hybridized carbons (Fsp3) is 0.269. The maximum absolute atomic E-state index is 12.6. The van der Waals surface area contributed by atoms with Gasteiger partial charge in [-0.25, -0.2) is 4.79 Å². The van der Waals surface area contributed by atoms with Gasteiger partial charge in [-0.2, -0.15) is 0 Å². The SMILES string of the molecule is CCC(CCNN)C(CNC(=O)Nc1cc(O)cc(Cl)c1)c1ccc(-c2cccc(N)c2)cc1. The van der Waals surface area contributed by atoms with Crippen LogP contribution in [0.2, 0.25) is 5.02 Å². The van der Waals surface area contributed by atoms with Crippen LogP contribution in [0.4, 0.5) is 16.2 Å². The Labute approximate surface area is 205 Å². The van der Waals surface area contributed by atoms with Gasteiger partial charge in [0.25, 0.3) is 0 Å². The highest BCUT2D eigenvalue weighted by atomic mass is 35.5. The van der Waals surface area contributed by atoms with E-state index in [1.807, 2.05) is 24.3 Å². The first-order valence-corrected chi connectivity index (χ1v) is 11.7. The number of carbonyl (C=O) groups is 1. The molecule has 0 saturated carbocycles. The number of hydrogen-bond acceptors (Lipinski definition) is 5. The van der Waals surface area contributed by atoms with Gasteiger partial charge in [-0.3, -0.25) is 11.3 Å². The number of aromatic hydroxyl groups is 1. The topological polar surface area (TPSA) is 125 Å². The number of benzene rings is 3. The van der Waals surface area contributed by atoms with Gasteiger partial charge >= 0.3 is 6.03 Å². The van der Waals surface area contributed by atoms with Gasteiger partial charge in [0.15, 0.2) is 0 Å². The molecule has 2 atom stereocenters. The second kappa shape index (κ2) is 12.3. The summed E-state index contributed by atoms with van der Waals surface area (Å²) in [6, 6.07) is 20.2. The number of phenols is 1. The molecule has 0 aromatic heterocycles. The predicted octanol–water partition coefficient (Wildman–Crippen LogP) is 5.08. The second-order valence-electron chi connectivity index (χ2n) is 8.30. The van der Waals surface area contributed by atoms with E-state index < -0.39 is 0 Å². The van der Waals surface area contributed by atoms with E-state index in [0.29, 0.717) is 29.7 Å². The number of amides is 2. The first kappa shape index (κ1) is 25.4. The van der Waals surface area contributed by atoms with Crippen molar-refractivity contribution in [2.45, 2.75) is 25.7 Å². The van der Waals surface area contributed by atoms with Gasteiger partial charge in [0.1, 0.15) is 5.75 Å². The molecule has 0 aliphatic heterocycles. The summed E-state index contributed by atoms with van der Waals surface area (Å²) in [5.74, 6) is 5.92. The van der Waals surface area contributed by atoms with Crippen molar-refractivity contribution in [3.63, 3.8) is 0 Å². The van der Waals surface area contributed by atoms with Gasteiger partial charge in [0, 0.05) is 41.5 Å². The van der Waals surface area contributed by atoms with Gasteiger partial charge in [0.05, 0.1) is 0 Å². The normalized spacial score (nSPS) is 12.7. The molecule has 3 rings (SSSR count). The fourth-order valence-corrected chi connectivity index (χ4v) is 4.41. The van der Waals surface area contributed by atoms with Crippen molar-refractivity contribution in [3.05, 3.63) is 77.3 Å². The first-order valence-electron chi connectivity index (χ1n) is 11.3. The molecule has 0 fully saturated rings. The van der Waals surface area contributed by atoms with Crippen LogP contribution in [0, 0.1) is 5.92 Å². The number of nitrogens with one attached hydrogen (secondary N) is 3. The molecule has 34 heavy (non-hydrogen) atoms. The van der Waals surface area contributed by atoms with Crippen molar-refractivity contribution in [2.24, 2.45) is 11.8 Å². The largest absolute Gasteiger partial charge is 0.508 e. The monoisotopic (exact) mass is 481 g/mol. The maximum atomic E-state index is 12.6. The molecule has 3 aromatic carbocycles. The van der Waals surface area contributed by atoms with Crippen molar-refractivity contribution in [1.82, 2.24) is 10.7 Å². The number of carbonyl (C=O) groups excluding carboxylic acids is 1. The number of anilines is 2. The van der Waals surface area contributed by atoms with Gasteiger partial charge in [-0.1, -0.05) is 61.3 Å². The van der Waals surface area contributed by atoms with Gasteiger partial charge in [-0.15, -0.1) is 0 Å². The average molecular weight is 482 g/mol. The lowest BCUT2D eigenvalue weighted by atomic mass is 9.81. The number of halogens is 1. The number of hydrogen-bond donors (Lipinski definition) is 6. The van der Waals surface area contributed by atoms with Crippen LogP contribution in [-0.4, -0.2) is 24.2 Å². The van der Waals surface area contributed by atoms with Gasteiger partial charge < -0.3 is 21.5 Å². The van der Waals surface area contributed by atoms with Crippen molar-refractivity contribution in [3.8, 4) is 16.9 Å². The Morgan fingerprint density at radius 3 is 2.47 bits per heavy atom. The van der Waals surface area contributed by atoms with Crippen LogP contribution in [0.15, 0.2) is 66.7 Å². The number of rotatable bonds is 10. The van der Waals surface area contributed by atoms with E-state index in [0.717, 1.165) is 35.2 Å². The van der Waals surface area contributed by atoms with E-state index in [2.05, 4.69) is 47.2 Å². The Kier molecular flexibility index (Phi) is 9.16. The maximum Gasteiger partial charge on any atom is 0.319 e. The van der Waals surface area contributed by atoms with Crippen LogP contribution in [0.25, 0.3) is 11.1 Å². The summed E-state index contributed by atoms with van der Waals surface area (Å²) in [7, 11) is 0. The van der Waals surface area contributed by atoms with Crippen molar-refractivity contribution >= 4 is 29.0 Å². The number of nitrogen functional groups attached to an aromatic ring is 1. The summed E-state index contributed by atoms with van der Waals surface area (Å²) >= 11 is 5.96. The molecule has 0 bridgehead atoms. The molecule has 7 nitrogen and oxygen atoms in total. The zero-order valence-electron chi connectivity index (χ0n) is 19.2. The van der Waals surface area contributed by atoms with E-state index in [9.17, 15) is 9.90 Å². The molecule has 8 heteroatoms. The minimum atomic E-state index is -0.366.